The first-order valence-electron chi connectivity index (χ1n) is 17.7. The van der Waals surface area contributed by atoms with Crippen molar-refractivity contribution in [2.24, 2.45) is 17.0 Å². The predicted molar refractivity (Wildman–Crippen MR) is 182 cm³/mol. The molecule has 3 saturated heterocycles. The lowest BCUT2D eigenvalue weighted by atomic mass is 9.83. The molecule has 0 bridgehead atoms. The smallest absolute Gasteiger partial charge is 0.410 e. The molecule has 0 saturated carbocycles. The van der Waals surface area contributed by atoms with Crippen molar-refractivity contribution in [2.45, 2.75) is 147 Å². The Bertz CT molecular complexity index is 1190. The van der Waals surface area contributed by atoms with Crippen LogP contribution in [-0.4, -0.2) is 134 Å². The van der Waals surface area contributed by atoms with E-state index in [4.69, 9.17) is 29.2 Å². The van der Waals surface area contributed by atoms with Gasteiger partial charge in [0.25, 0.3) is 0 Å². The van der Waals surface area contributed by atoms with Gasteiger partial charge in [-0.15, -0.1) is 0 Å². The summed E-state index contributed by atoms with van der Waals surface area (Å²) in [6, 6.07) is -1.02. The molecular formula is C34H60N6O9. The lowest BCUT2D eigenvalue weighted by Crippen LogP contribution is -2.61. The van der Waals surface area contributed by atoms with Gasteiger partial charge in [0.15, 0.2) is 11.9 Å². The van der Waals surface area contributed by atoms with Gasteiger partial charge in [-0.05, 0) is 98.8 Å². The van der Waals surface area contributed by atoms with Crippen molar-refractivity contribution in [1.29, 1.82) is 0 Å². The van der Waals surface area contributed by atoms with Crippen molar-refractivity contribution in [3.63, 3.8) is 0 Å². The molecule has 15 heteroatoms. The second kappa shape index (κ2) is 17.6. The molecule has 3 heterocycles. The topological polar surface area (TPSA) is 185 Å². The van der Waals surface area contributed by atoms with Crippen LogP contribution in [-0.2, 0) is 33.3 Å². The van der Waals surface area contributed by atoms with E-state index in [0.717, 1.165) is 0 Å². The maximum Gasteiger partial charge on any atom is 0.410 e. The number of nitrogens with zero attached hydrogens (tertiary/aromatic N) is 5. The molecule has 15 nitrogen and oxygen atoms in total. The van der Waals surface area contributed by atoms with Gasteiger partial charge in [0, 0.05) is 43.6 Å². The number of aliphatic hydroxyl groups excluding tert-OH is 1. The number of aliphatic hydroxyl groups is 1. The fourth-order valence-corrected chi connectivity index (χ4v) is 7.66. The van der Waals surface area contributed by atoms with Gasteiger partial charge in [-0.1, -0.05) is 19.0 Å². The average molecular weight is 697 g/mol. The number of rotatable bonds is 10. The van der Waals surface area contributed by atoms with Gasteiger partial charge in [-0.3, -0.25) is 14.5 Å². The van der Waals surface area contributed by atoms with E-state index in [2.05, 4.69) is 22.3 Å². The summed E-state index contributed by atoms with van der Waals surface area (Å²) >= 11 is 0. The monoisotopic (exact) mass is 696 g/mol. The number of esters is 1. The number of hydrogen-bond acceptors (Lipinski definition) is 12. The molecule has 2 N–H and O–H groups in total. The van der Waals surface area contributed by atoms with Gasteiger partial charge < -0.3 is 39.0 Å². The Morgan fingerprint density at radius 1 is 1.16 bits per heavy atom. The van der Waals surface area contributed by atoms with Crippen molar-refractivity contribution >= 4 is 17.8 Å². The Morgan fingerprint density at radius 3 is 2.47 bits per heavy atom. The third-order valence-corrected chi connectivity index (χ3v) is 10.7. The fourth-order valence-electron chi connectivity index (χ4n) is 7.66. The standard InChI is InChI=1S/C34H60N6O9/c1-11-26-34(7)29(40(32(44)49-34)15-13-12-14-37-38-35)23(5)36-19-20(2)18-33(6,45-10)27(17-25(41)22(4)30(43)47-26)48-31-28(42)24(39(8)9)16-21(3)46-31/h20-24,26-29,31,36,42H,11-19H2,1-10H3/t20-,21?,22-,23-,24?,26-,27-,28?,29-,31+,33+,34-/m1/s1. The van der Waals surface area contributed by atoms with Crippen LogP contribution in [0.25, 0.3) is 10.4 Å². The Hall–Kier alpha value is -2.52. The van der Waals surface area contributed by atoms with Crippen LogP contribution in [0, 0.1) is 11.8 Å². The molecule has 3 fully saturated rings. The first kappa shape index (κ1) is 40.9. The molecule has 0 aliphatic carbocycles. The maximum atomic E-state index is 13.9. The summed E-state index contributed by atoms with van der Waals surface area (Å²) in [6.07, 6.45) is -1.97. The molecule has 3 aliphatic rings. The van der Waals surface area contributed by atoms with E-state index in [0.29, 0.717) is 51.7 Å². The van der Waals surface area contributed by atoms with E-state index in [9.17, 15) is 19.5 Å². The minimum atomic E-state index is -1.22. The molecule has 280 valence electrons. The zero-order valence-electron chi connectivity index (χ0n) is 31.1. The molecule has 0 radical (unpaired) electrons. The van der Waals surface area contributed by atoms with Crippen LogP contribution in [0.3, 0.4) is 0 Å². The highest BCUT2D eigenvalue weighted by Gasteiger charge is 2.58. The van der Waals surface area contributed by atoms with E-state index >= 15 is 0 Å². The Balaban J connectivity index is 1.98. The molecule has 1 amide bonds. The van der Waals surface area contributed by atoms with E-state index in [1.165, 1.54) is 6.92 Å². The summed E-state index contributed by atoms with van der Waals surface area (Å²) in [5, 5.41) is 18.5. The fraction of sp³-hybridized carbons (Fsp3) is 0.912. The summed E-state index contributed by atoms with van der Waals surface area (Å²) in [7, 11) is 5.35. The van der Waals surface area contributed by atoms with Gasteiger partial charge >= 0.3 is 12.1 Å². The van der Waals surface area contributed by atoms with Crippen molar-refractivity contribution < 1.29 is 43.2 Å². The van der Waals surface area contributed by atoms with E-state index in [-0.39, 0.29) is 30.5 Å². The van der Waals surface area contributed by atoms with Crippen LogP contribution >= 0.6 is 0 Å². The van der Waals surface area contributed by atoms with E-state index in [1.807, 2.05) is 46.7 Å². The number of amides is 1. The molecule has 0 spiro atoms. The number of azide groups is 1. The Kier molecular flexibility index (Phi) is 14.7. The SMILES string of the molecule is CC[C@H]1OC(=O)[C@H](C)C(=O)C[C@@H](O[C@@H]2OC(C)CC(N(C)C)C2O)[C@@](C)(OC)C[C@@H](C)CN[C@H](C)[C@H]2N(CCCCN=[N+]=[N-])C(=O)O[C@]12C. The van der Waals surface area contributed by atoms with Gasteiger partial charge in [0.05, 0.1) is 23.9 Å². The number of hydrogen-bond donors (Lipinski definition) is 2. The normalized spacial score (nSPS) is 39.8. The average Bonchev–Trinajstić information content (AvgIpc) is 3.31. The Morgan fingerprint density at radius 2 is 1.86 bits per heavy atom. The van der Waals surface area contributed by atoms with Crippen LogP contribution in [0.5, 0.6) is 0 Å². The van der Waals surface area contributed by atoms with Crippen LogP contribution in [0.2, 0.25) is 0 Å². The second-order valence-corrected chi connectivity index (χ2v) is 14.8. The van der Waals surface area contributed by atoms with Gasteiger partial charge in [-0.25, -0.2) is 4.79 Å². The number of ketones is 1. The zero-order valence-corrected chi connectivity index (χ0v) is 31.1. The van der Waals surface area contributed by atoms with E-state index in [1.54, 1.807) is 18.9 Å². The third-order valence-electron chi connectivity index (χ3n) is 10.7. The van der Waals surface area contributed by atoms with Crippen LogP contribution < -0.4 is 5.32 Å². The lowest BCUT2D eigenvalue weighted by molar-refractivity contribution is -0.289. The maximum absolute atomic E-state index is 13.9. The van der Waals surface area contributed by atoms with Crippen molar-refractivity contribution in [1.82, 2.24) is 15.1 Å². The van der Waals surface area contributed by atoms with Crippen molar-refractivity contribution in [3.8, 4) is 0 Å². The van der Waals surface area contributed by atoms with Crippen LogP contribution in [0.4, 0.5) is 4.79 Å². The molecule has 0 aromatic carbocycles. The van der Waals surface area contributed by atoms with Crippen LogP contribution in [0.1, 0.15) is 87.0 Å². The number of nitrogens with one attached hydrogen (secondary N) is 1. The summed E-state index contributed by atoms with van der Waals surface area (Å²) < 4.78 is 30.8. The predicted octanol–water partition coefficient (Wildman–Crippen LogP) is 3.81. The molecule has 3 aliphatic heterocycles. The molecular weight excluding hydrogens is 636 g/mol. The molecule has 3 unspecified atom stereocenters. The molecule has 12 atom stereocenters. The van der Waals surface area contributed by atoms with Crippen LogP contribution in [0.15, 0.2) is 5.11 Å². The summed E-state index contributed by atoms with van der Waals surface area (Å²) in [5.41, 5.74) is 6.41. The molecule has 49 heavy (non-hydrogen) atoms. The Labute approximate surface area is 291 Å². The number of methoxy groups -OCH3 is 1. The number of likely N-dealkylation sites (N-methyl/N-ethyl adjacent to an activating group) is 1. The van der Waals surface area contributed by atoms with Crippen molar-refractivity contribution in [2.75, 3.05) is 40.8 Å². The largest absolute Gasteiger partial charge is 0.458 e. The van der Waals surface area contributed by atoms with Gasteiger partial charge in [0.1, 0.15) is 23.9 Å². The summed E-state index contributed by atoms with van der Waals surface area (Å²) in [6.45, 7) is 14.2. The van der Waals surface area contributed by atoms with E-state index < -0.39 is 65.6 Å². The number of ether oxygens (including phenoxy) is 5. The molecule has 0 aromatic rings. The highest BCUT2D eigenvalue weighted by molar-refractivity contribution is 5.99. The molecule has 3 rings (SSSR count). The number of Topliss-reactive ketones (excluding diaryl/α,β-unsaturated/α-hetero) is 1. The number of fused-ring (bicyclic) bond motifs is 1. The highest BCUT2D eigenvalue weighted by atomic mass is 16.7. The minimum Gasteiger partial charge on any atom is -0.458 e. The number of carbonyl (C=O) groups excluding carboxylic acids is 3. The highest BCUT2D eigenvalue weighted by Crippen LogP contribution is 2.39. The summed E-state index contributed by atoms with van der Waals surface area (Å²) in [5.74, 6) is -2.28. The quantitative estimate of drug-likeness (QED) is 0.0845. The van der Waals surface area contributed by atoms with Gasteiger partial charge in [0.2, 0.25) is 0 Å². The minimum absolute atomic E-state index is 0.00299. The number of cyclic esters (lactones) is 1. The number of carbonyl (C=O) groups is 3. The third kappa shape index (κ3) is 9.63. The molecule has 0 aromatic heterocycles. The number of unbranched alkanes of at least 4 members (excludes halogenated alkanes) is 1. The first-order chi connectivity index (χ1) is 23.0. The van der Waals surface area contributed by atoms with Crippen molar-refractivity contribution in [3.05, 3.63) is 10.4 Å². The first-order valence-corrected chi connectivity index (χ1v) is 17.7. The second-order valence-electron chi connectivity index (χ2n) is 14.8. The summed E-state index contributed by atoms with van der Waals surface area (Å²) in [4.78, 5) is 47.4. The van der Waals surface area contributed by atoms with Gasteiger partial charge in [-0.2, -0.15) is 0 Å². The zero-order chi connectivity index (χ0) is 36.7. The lowest BCUT2D eigenvalue weighted by Gasteiger charge is -2.45.